The normalized spacial score (nSPS) is 11.6. The minimum Gasteiger partial charge on any atom is -0.309 e. The summed E-state index contributed by atoms with van der Waals surface area (Å²) >= 11 is 0. The molecule has 0 bridgehead atoms. The summed E-state index contributed by atoms with van der Waals surface area (Å²) in [6.07, 6.45) is 0. The van der Waals surface area contributed by atoms with E-state index in [1.54, 1.807) is 0 Å². The van der Waals surface area contributed by atoms with E-state index in [2.05, 4.69) is 167 Å². The Morgan fingerprint density at radius 3 is 1.52 bits per heavy atom. The van der Waals surface area contributed by atoms with Gasteiger partial charge in [-0.15, -0.1) is 0 Å². The number of hydrogen-bond acceptors (Lipinski definition) is 3. The molecule has 0 N–H and O–H groups in total. The van der Waals surface area contributed by atoms with Crippen molar-refractivity contribution < 1.29 is 0 Å². The second-order valence-electron chi connectivity index (χ2n) is 12.5. The SMILES string of the molecule is c1ccc(-c2nc(-c3ccc4c(c3)c3ccccc3n4-c3ccccc3)nc(-c3cccc4c3c3ccccc3n4-c3ccccc3)n2)cc1. The van der Waals surface area contributed by atoms with Gasteiger partial charge in [-0.05, 0) is 60.7 Å². The Kier molecular flexibility index (Phi) is 6.42. The molecule has 0 aliphatic rings. The fourth-order valence-electron chi connectivity index (χ4n) is 7.37. The molecule has 7 aromatic carbocycles. The van der Waals surface area contributed by atoms with Crippen molar-refractivity contribution in [1.82, 2.24) is 24.1 Å². The predicted octanol–water partition coefficient (Wildman–Crippen LogP) is 11.1. The van der Waals surface area contributed by atoms with Crippen molar-refractivity contribution in [2.24, 2.45) is 0 Å². The third kappa shape index (κ3) is 4.45. The highest BCUT2D eigenvalue weighted by Crippen LogP contribution is 2.39. The van der Waals surface area contributed by atoms with E-state index in [-0.39, 0.29) is 0 Å². The average molecular weight is 640 g/mol. The van der Waals surface area contributed by atoms with E-state index < -0.39 is 0 Å². The van der Waals surface area contributed by atoms with Crippen LogP contribution >= 0.6 is 0 Å². The molecule has 5 nitrogen and oxygen atoms in total. The molecule has 3 heterocycles. The van der Waals surface area contributed by atoms with Gasteiger partial charge in [0, 0.05) is 49.6 Å². The van der Waals surface area contributed by atoms with Crippen molar-refractivity contribution in [3.63, 3.8) is 0 Å². The van der Waals surface area contributed by atoms with Crippen LogP contribution in [-0.4, -0.2) is 24.1 Å². The number of fused-ring (bicyclic) bond motifs is 6. The summed E-state index contributed by atoms with van der Waals surface area (Å²) in [7, 11) is 0. The van der Waals surface area contributed by atoms with Crippen LogP contribution in [0.4, 0.5) is 0 Å². The lowest BCUT2D eigenvalue weighted by atomic mass is 10.0. The fraction of sp³-hybridized carbons (Fsp3) is 0. The van der Waals surface area contributed by atoms with E-state index >= 15 is 0 Å². The van der Waals surface area contributed by atoms with Crippen LogP contribution in [0.1, 0.15) is 0 Å². The highest BCUT2D eigenvalue weighted by molar-refractivity contribution is 6.15. The summed E-state index contributed by atoms with van der Waals surface area (Å²) in [6.45, 7) is 0. The fourth-order valence-corrected chi connectivity index (χ4v) is 7.37. The van der Waals surface area contributed by atoms with Crippen molar-refractivity contribution in [2.75, 3.05) is 0 Å². The van der Waals surface area contributed by atoms with E-state index in [9.17, 15) is 0 Å². The van der Waals surface area contributed by atoms with Gasteiger partial charge in [0.25, 0.3) is 0 Å². The molecule has 234 valence electrons. The van der Waals surface area contributed by atoms with Crippen molar-refractivity contribution >= 4 is 43.6 Å². The number of aromatic nitrogens is 5. The number of nitrogens with zero attached hydrogens (tertiary/aromatic N) is 5. The Bertz CT molecular complexity index is 2850. The van der Waals surface area contributed by atoms with Crippen LogP contribution in [0.15, 0.2) is 176 Å². The molecule has 0 spiro atoms. The molecule has 0 unspecified atom stereocenters. The van der Waals surface area contributed by atoms with Gasteiger partial charge >= 0.3 is 0 Å². The largest absolute Gasteiger partial charge is 0.309 e. The maximum absolute atomic E-state index is 5.25. The van der Waals surface area contributed by atoms with Gasteiger partial charge in [0.05, 0.1) is 22.1 Å². The van der Waals surface area contributed by atoms with E-state index in [1.165, 1.54) is 5.39 Å². The molecule has 0 fully saturated rings. The van der Waals surface area contributed by atoms with Crippen molar-refractivity contribution in [3.8, 4) is 45.5 Å². The first-order valence-corrected chi connectivity index (χ1v) is 16.8. The molecule has 0 amide bonds. The predicted molar refractivity (Wildman–Crippen MR) is 205 cm³/mol. The summed E-state index contributed by atoms with van der Waals surface area (Å²) in [5.74, 6) is 1.92. The van der Waals surface area contributed by atoms with Crippen LogP contribution < -0.4 is 0 Å². The third-order valence-corrected chi connectivity index (χ3v) is 9.57. The van der Waals surface area contributed by atoms with Gasteiger partial charge in [0.1, 0.15) is 0 Å². The third-order valence-electron chi connectivity index (χ3n) is 9.57. The molecular formula is C45H29N5. The molecule has 0 aliphatic carbocycles. The zero-order valence-electron chi connectivity index (χ0n) is 27.0. The molecule has 5 heteroatoms. The topological polar surface area (TPSA) is 48.5 Å². The van der Waals surface area contributed by atoms with E-state index in [1.807, 2.05) is 18.2 Å². The van der Waals surface area contributed by atoms with Crippen LogP contribution in [0.5, 0.6) is 0 Å². The highest BCUT2D eigenvalue weighted by Gasteiger charge is 2.20. The van der Waals surface area contributed by atoms with Crippen molar-refractivity contribution in [1.29, 1.82) is 0 Å². The van der Waals surface area contributed by atoms with Crippen LogP contribution in [0.2, 0.25) is 0 Å². The molecule has 3 aromatic heterocycles. The summed E-state index contributed by atoms with van der Waals surface area (Å²) in [4.78, 5) is 15.5. The monoisotopic (exact) mass is 639 g/mol. The maximum Gasteiger partial charge on any atom is 0.164 e. The van der Waals surface area contributed by atoms with Crippen LogP contribution in [0, 0.1) is 0 Å². The van der Waals surface area contributed by atoms with Crippen LogP contribution in [-0.2, 0) is 0 Å². The highest BCUT2D eigenvalue weighted by atomic mass is 15.0. The first kappa shape index (κ1) is 28.2. The molecule has 10 rings (SSSR count). The van der Waals surface area contributed by atoms with Gasteiger partial charge in [-0.3, -0.25) is 0 Å². The summed E-state index contributed by atoms with van der Waals surface area (Å²) in [5.41, 5.74) is 9.63. The molecule has 0 atom stereocenters. The average Bonchev–Trinajstić information content (AvgIpc) is 3.71. The Labute approximate surface area is 288 Å². The molecule has 0 radical (unpaired) electrons. The lowest BCUT2D eigenvalue weighted by Gasteiger charge is -2.11. The number of benzene rings is 7. The zero-order valence-corrected chi connectivity index (χ0v) is 27.0. The second-order valence-corrected chi connectivity index (χ2v) is 12.5. The molecule has 10 aromatic rings. The molecular weight excluding hydrogens is 611 g/mol. The van der Waals surface area contributed by atoms with Crippen LogP contribution in [0.3, 0.4) is 0 Å². The summed E-state index contributed by atoms with van der Waals surface area (Å²) in [6, 6.07) is 61.3. The van der Waals surface area contributed by atoms with Crippen molar-refractivity contribution in [3.05, 3.63) is 176 Å². The minimum absolute atomic E-state index is 0.635. The van der Waals surface area contributed by atoms with Gasteiger partial charge in [0.2, 0.25) is 0 Å². The van der Waals surface area contributed by atoms with E-state index in [0.29, 0.717) is 17.5 Å². The lowest BCUT2D eigenvalue weighted by molar-refractivity contribution is 1.08. The molecule has 0 aliphatic heterocycles. The van der Waals surface area contributed by atoms with Gasteiger partial charge < -0.3 is 9.13 Å². The number of para-hydroxylation sites is 4. The second kappa shape index (κ2) is 11.4. The Hall–Kier alpha value is -6.85. The molecule has 50 heavy (non-hydrogen) atoms. The maximum atomic E-state index is 5.25. The Morgan fingerprint density at radius 1 is 0.320 bits per heavy atom. The van der Waals surface area contributed by atoms with Gasteiger partial charge in [-0.25, -0.2) is 15.0 Å². The molecule has 0 saturated carbocycles. The first-order chi connectivity index (χ1) is 24.8. The minimum atomic E-state index is 0.635. The molecule has 0 saturated heterocycles. The van der Waals surface area contributed by atoms with E-state index in [4.69, 9.17) is 15.0 Å². The smallest absolute Gasteiger partial charge is 0.164 e. The number of hydrogen-bond donors (Lipinski definition) is 0. The Balaban J connectivity index is 1.23. The number of rotatable bonds is 5. The van der Waals surface area contributed by atoms with Crippen molar-refractivity contribution in [2.45, 2.75) is 0 Å². The lowest BCUT2D eigenvalue weighted by Crippen LogP contribution is -2.00. The Morgan fingerprint density at radius 2 is 0.820 bits per heavy atom. The first-order valence-electron chi connectivity index (χ1n) is 16.8. The van der Waals surface area contributed by atoms with Crippen LogP contribution in [0.25, 0.3) is 89.2 Å². The van der Waals surface area contributed by atoms with Gasteiger partial charge in [0.15, 0.2) is 17.5 Å². The summed E-state index contributed by atoms with van der Waals surface area (Å²) < 4.78 is 4.65. The van der Waals surface area contributed by atoms with Gasteiger partial charge in [-0.2, -0.15) is 0 Å². The zero-order chi connectivity index (χ0) is 33.0. The standard InChI is InChI=1S/C45H29N5/c1-4-15-30(16-5-1)43-46-44(31-27-28-40-37(29-31)34-21-10-12-24-38(34)49(40)32-17-6-2-7-18-32)48-45(47-43)36-23-14-26-41-42(36)35-22-11-13-25-39(35)50(41)33-19-8-3-9-20-33/h1-29H. The van der Waals surface area contributed by atoms with E-state index in [0.717, 1.165) is 66.3 Å². The quantitative estimate of drug-likeness (QED) is 0.188. The summed E-state index contributed by atoms with van der Waals surface area (Å²) in [5, 5.41) is 4.60. The van der Waals surface area contributed by atoms with Gasteiger partial charge in [-0.1, -0.05) is 115 Å².